The number of β-lactam (4-membered cyclic amide) rings is 1. The van der Waals surface area contributed by atoms with E-state index < -0.39 is 70.8 Å². The molecule has 4 atom stereocenters. The number of anilines is 1. The normalized spacial score (nSPS) is 23.0. The number of pyridine rings is 2. The number of rotatable bonds is 8. The third-order valence-electron chi connectivity index (χ3n) is 7.81. The quantitative estimate of drug-likeness (QED) is 0.203. The average Bonchev–Trinajstić information content (AvgIpc) is 3.57. The summed E-state index contributed by atoms with van der Waals surface area (Å²) in [6.45, 7) is 1.46. The number of hydrogen-bond donors (Lipinski definition) is 2. The van der Waals surface area contributed by atoms with Gasteiger partial charge in [-0.1, -0.05) is 11.8 Å². The van der Waals surface area contributed by atoms with Crippen LogP contribution >= 0.6 is 11.8 Å². The largest absolute Gasteiger partial charge is 1.00 e. The molecule has 2 N–H and O–H groups in total. The summed E-state index contributed by atoms with van der Waals surface area (Å²) in [5.74, 6) is -5.45. The van der Waals surface area contributed by atoms with E-state index in [2.05, 4.69) is 10.3 Å². The number of nitrogens with one attached hydrogen (secondary N) is 1. The van der Waals surface area contributed by atoms with E-state index in [1.165, 1.54) is 13.1 Å². The van der Waals surface area contributed by atoms with Gasteiger partial charge in [0, 0.05) is 25.3 Å². The molecular weight excluding hydrogens is 623 g/mol. The number of amides is 2. The van der Waals surface area contributed by atoms with Gasteiger partial charge in [-0.05, 0) is 32.3 Å². The number of carboxylic acid groups (broad SMARTS) is 2. The van der Waals surface area contributed by atoms with Crippen molar-refractivity contribution < 1.29 is 103 Å². The second-order valence-electron chi connectivity index (χ2n) is 10.7. The molecule has 2 saturated heterocycles. The predicted octanol–water partition coefficient (Wildman–Crippen LogP) is -7.58. The maximum atomic E-state index is 15.2. The first kappa shape index (κ1) is 34.7. The van der Waals surface area contributed by atoms with E-state index >= 15 is 4.39 Å². The Morgan fingerprint density at radius 2 is 1.91 bits per heavy atom. The molecule has 14 nitrogen and oxygen atoms in total. The van der Waals surface area contributed by atoms with Gasteiger partial charge < -0.3 is 44.4 Å². The van der Waals surface area contributed by atoms with Crippen LogP contribution in [0.3, 0.4) is 0 Å². The Hall–Kier alpha value is -2.18. The van der Waals surface area contributed by atoms with Crippen LogP contribution in [0.15, 0.2) is 27.7 Å². The molecule has 2 aromatic rings. The summed E-state index contributed by atoms with van der Waals surface area (Å²) in [5.41, 5.74) is -1.67. The number of aliphatic carboxylic acids is 1. The van der Waals surface area contributed by atoms with E-state index in [0.29, 0.717) is 13.0 Å². The standard InChI is InChI=1S/C26H26FN5O9S.2Na/c1-10(33)17-22(35)32-18(25(38)39)16(42-23(17)32)9-41-26(40)28-11-4-5-30(7-11)21-15(27)6-13-19(34)14(24(36)37)8-31(12-2-3-12)20(13)29-21;;/h6,8,10-12,17,23,33H,2-5,7,9H2,1H3,(H,28,40)(H,36,37)(H,38,39);;/q;2*+1/p-2/t10-,11?,17-,23-;;/m0../s1. The molecule has 3 aliphatic heterocycles. The van der Waals surface area contributed by atoms with E-state index in [-0.39, 0.29) is 99.2 Å². The molecule has 222 valence electrons. The molecule has 1 aliphatic carbocycles. The Bertz CT molecular complexity index is 1650. The molecule has 44 heavy (non-hydrogen) atoms. The van der Waals surface area contributed by atoms with Crippen LogP contribution in [0.25, 0.3) is 11.0 Å². The van der Waals surface area contributed by atoms with E-state index in [1.807, 2.05) is 0 Å². The molecule has 1 unspecified atom stereocenters. The van der Waals surface area contributed by atoms with Crippen molar-refractivity contribution in [2.45, 2.75) is 49.7 Å². The summed E-state index contributed by atoms with van der Waals surface area (Å²) >= 11 is 1.01. The number of halogens is 1. The van der Waals surface area contributed by atoms with Gasteiger partial charge in [-0.3, -0.25) is 14.5 Å². The summed E-state index contributed by atoms with van der Waals surface area (Å²) in [4.78, 5) is 67.7. The van der Waals surface area contributed by atoms with Crippen LogP contribution in [-0.4, -0.2) is 80.7 Å². The second-order valence-corrected chi connectivity index (χ2v) is 11.9. The minimum atomic E-state index is -1.65. The monoisotopic (exact) mass is 647 g/mol. The number of carbonyl (C=O) groups is 4. The topological polar surface area (TPSA) is 197 Å². The maximum absolute atomic E-state index is 15.2. The summed E-state index contributed by atoms with van der Waals surface area (Å²) in [7, 11) is 0. The summed E-state index contributed by atoms with van der Waals surface area (Å²) in [6, 6.07) is 0.430. The first-order valence-electron chi connectivity index (χ1n) is 13.2. The number of carboxylic acids is 2. The van der Waals surface area contributed by atoms with Crippen LogP contribution in [0.5, 0.6) is 0 Å². The van der Waals surface area contributed by atoms with Crippen molar-refractivity contribution in [1.82, 2.24) is 19.8 Å². The van der Waals surface area contributed by atoms with Gasteiger partial charge in [0.1, 0.15) is 17.6 Å². The fraction of sp³-hybridized carbons (Fsp3) is 0.462. The molecule has 0 aromatic carbocycles. The number of thioether (sulfide) groups is 1. The predicted molar refractivity (Wildman–Crippen MR) is 139 cm³/mol. The molecule has 0 bridgehead atoms. The van der Waals surface area contributed by atoms with Gasteiger partial charge in [0.15, 0.2) is 17.1 Å². The Labute approximate surface area is 297 Å². The van der Waals surface area contributed by atoms with Gasteiger partial charge in [0.05, 0.1) is 51.6 Å². The van der Waals surface area contributed by atoms with Crippen LogP contribution in [0, 0.1) is 11.7 Å². The van der Waals surface area contributed by atoms with Gasteiger partial charge in [-0.25, -0.2) is 14.2 Å². The molecule has 0 radical (unpaired) electrons. The Balaban J connectivity index is 0.00000221. The SMILES string of the molecule is C[C@H](O)[C@H]1C(=O)N2C(C(=O)[O-])=C(COC(=O)NC3CCN(c4nc5c(cc4F)c(=O)c(C(=O)[O-])cn5C4CC4)C3)S[C@@H]12.[Na+].[Na+]. The Kier molecular flexibility index (Phi) is 10.5. The minimum Gasteiger partial charge on any atom is -0.545 e. The number of alkyl carbamates (subject to hydrolysis) is 1. The molecule has 5 heterocycles. The molecule has 0 spiro atoms. The zero-order valence-electron chi connectivity index (χ0n) is 24.1. The van der Waals surface area contributed by atoms with E-state index in [4.69, 9.17) is 4.74 Å². The Morgan fingerprint density at radius 3 is 2.52 bits per heavy atom. The third kappa shape index (κ3) is 6.15. The van der Waals surface area contributed by atoms with E-state index in [0.717, 1.165) is 35.6 Å². The van der Waals surface area contributed by atoms with Gasteiger partial charge in [0.2, 0.25) is 5.91 Å². The summed E-state index contributed by atoms with van der Waals surface area (Å²) in [5, 5.41) is 34.8. The number of aromatic carboxylic acids is 1. The molecule has 1 saturated carbocycles. The first-order chi connectivity index (χ1) is 20.0. The van der Waals surface area contributed by atoms with Crippen LogP contribution in [0.4, 0.5) is 15.0 Å². The number of aliphatic hydroxyl groups excluding tert-OH is 1. The number of hydrogen-bond acceptors (Lipinski definition) is 12. The van der Waals surface area contributed by atoms with Crippen molar-refractivity contribution in [2.75, 3.05) is 24.6 Å². The van der Waals surface area contributed by atoms with Gasteiger partial charge >= 0.3 is 65.2 Å². The number of ether oxygens (including phenoxy) is 1. The molecular formula is C26H24FN5Na2O9S. The maximum Gasteiger partial charge on any atom is 1.00 e. The van der Waals surface area contributed by atoms with Crippen molar-refractivity contribution in [2.24, 2.45) is 5.92 Å². The van der Waals surface area contributed by atoms with Gasteiger partial charge in [-0.2, -0.15) is 0 Å². The fourth-order valence-electron chi connectivity index (χ4n) is 5.59. The van der Waals surface area contributed by atoms with Crippen LogP contribution < -0.4 is 85.0 Å². The van der Waals surface area contributed by atoms with Crippen molar-refractivity contribution in [3.63, 3.8) is 0 Å². The molecule has 2 aromatic heterocycles. The summed E-state index contributed by atoms with van der Waals surface area (Å²) in [6.07, 6.45) is 1.26. The van der Waals surface area contributed by atoms with E-state index in [9.17, 15) is 39.3 Å². The van der Waals surface area contributed by atoms with Crippen LogP contribution in [0.1, 0.15) is 42.6 Å². The van der Waals surface area contributed by atoms with Crippen molar-refractivity contribution in [3.05, 3.63) is 44.5 Å². The number of carbonyl (C=O) groups excluding carboxylic acids is 4. The van der Waals surface area contributed by atoms with E-state index in [1.54, 1.807) is 9.47 Å². The van der Waals surface area contributed by atoms with Crippen molar-refractivity contribution >= 4 is 52.6 Å². The van der Waals surface area contributed by atoms with Crippen molar-refractivity contribution in [1.29, 1.82) is 0 Å². The fourth-order valence-corrected chi connectivity index (χ4v) is 7.11. The van der Waals surface area contributed by atoms with Crippen LogP contribution in [0.2, 0.25) is 0 Å². The van der Waals surface area contributed by atoms with Crippen LogP contribution in [-0.2, 0) is 14.3 Å². The average molecular weight is 648 g/mol. The second kappa shape index (κ2) is 13.3. The number of fused-ring (bicyclic) bond motifs is 2. The zero-order chi connectivity index (χ0) is 30.0. The van der Waals surface area contributed by atoms with Crippen molar-refractivity contribution in [3.8, 4) is 0 Å². The zero-order valence-corrected chi connectivity index (χ0v) is 28.9. The Morgan fingerprint density at radius 1 is 1.20 bits per heavy atom. The smallest absolute Gasteiger partial charge is 0.545 e. The third-order valence-corrected chi connectivity index (χ3v) is 9.15. The molecule has 2 amide bonds. The number of aromatic nitrogens is 2. The van der Waals surface area contributed by atoms with Gasteiger partial charge in [0.25, 0.3) is 0 Å². The molecule has 4 aliphatic rings. The number of nitrogens with zero attached hydrogens (tertiary/aromatic N) is 4. The minimum absolute atomic E-state index is 0. The summed E-state index contributed by atoms with van der Waals surface area (Å²) < 4.78 is 21.9. The van der Waals surface area contributed by atoms with Gasteiger partial charge in [-0.15, -0.1) is 0 Å². The molecule has 3 fully saturated rings. The first-order valence-corrected chi connectivity index (χ1v) is 14.1. The number of aliphatic hydroxyl groups is 1. The molecule has 6 rings (SSSR count). The molecule has 18 heteroatoms.